The Hall–Kier alpha value is -1.91. The number of carbonyl (C=O) groups excluding carboxylic acids is 2. The number of nitrogens with one attached hydrogen (secondary N) is 1. The van der Waals surface area contributed by atoms with Crippen molar-refractivity contribution in [3.05, 3.63) is 30.1 Å². The minimum absolute atomic E-state index is 0.326. The number of aromatic nitrogens is 1. The number of pyridine rings is 1. The van der Waals surface area contributed by atoms with E-state index in [1.165, 1.54) is 7.11 Å². The highest BCUT2D eigenvalue weighted by atomic mass is 16.5. The Bertz CT molecular complexity index is 327. The highest BCUT2D eigenvalue weighted by Crippen LogP contribution is 2.00. The van der Waals surface area contributed by atoms with Gasteiger partial charge in [-0.25, -0.2) is 4.79 Å². The van der Waals surface area contributed by atoms with Crippen LogP contribution in [-0.2, 0) is 20.7 Å². The summed E-state index contributed by atoms with van der Waals surface area (Å²) in [6, 6.07) is 4.70. The average molecular weight is 208 g/mol. The lowest BCUT2D eigenvalue weighted by Crippen LogP contribution is -2.38. The Morgan fingerprint density at radius 3 is 3.00 bits per heavy atom. The average Bonchev–Trinajstić information content (AvgIpc) is 2.29. The zero-order valence-corrected chi connectivity index (χ0v) is 8.34. The molecular formula is C10H12N2O3. The van der Waals surface area contributed by atoms with Crippen molar-refractivity contribution in [1.29, 1.82) is 0 Å². The van der Waals surface area contributed by atoms with Crippen molar-refractivity contribution in [2.75, 3.05) is 7.11 Å². The predicted molar refractivity (Wildman–Crippen MR) is 52.9 cm³/mol. The van der Waals surface area contributed by atoms with E-state index in [4.69, 9.17) is 0 Å². The van der Waals surface area contributed by atoms with Crippen LogP contribution in [0.15, 0.2) is 24.4 Å². The topological polar surface area (TPSA) is 68.3 Å². The van der Waals surface area contributed by atoms with Crippen molar-refractivity contribution in [2.24, 2.45) is 0 Å². The number of hydrogen-bond acceptors (Lipinski definition) is 4. The first-order valence-electron chi connectivity index (χ1n) is 4.45. The Labute approximate surface area is 87.5 Å². The summed E-state index contributed by atoms with van der Waals surface area (Å²) < 4.78 is 4.55. The molecule has 1 rings (SSSR count). The molecule has 1 aromatic heterocycles. The first-order valence-corrected chi connectivity index (χ1v) is 4.45. The number of esters is 1. The molecule has 0 saturated heterocycles. The minimum atomic E-state index is -0.678. The van der Waals surface area contributed by atoms with Gasteiger partial charge in [-0.05, 0) is 12.1 Å². The van der Waals surface area contributed by atoms with Crippen LogP contribution in [0.4, 0.5) is 0 Å². The molecule has 1 aromatic rings. The molecule has 1 N–H and O–H groups in total. The molecule has 80 valence electrons. The number of ether oxygens (including phenoxy) is 1. The van der Waals surface area contributed by atoms with Gasteiger partial charge in [0.2, 0.25) is 6.41 Å². The largest absolute Gasteiger partial charge is 0.467 e. The lowest BCUT2D eigenvalue weighted by Gasteiger charge is -2.12. The fraction of sp³-hybridized carbons (Fsp3) is 0.300. The van der Waals surface area contributed by atoms with Crippen molar-refractivity contribution in [1.82, 2.24) is 10.3 Å². The summed E-state index contributed by atoms with van der Waals surface area (Å²) in [5.74, 6) is -0.479. The van der Waals surface area contributed by atoms with Gasteiger partial charge in [-0.1, -0.05) is 6.07 Å². The molecule has 1 heterocycles. The van der Waals surface area contributed by atoms with Gasteiger partial charge in [0, 0.05) is 18.3 Å². The van der Waals surface area contributed by atoms with E-state index in [2.05, 4.69) is 15.0 Å². The van der Waals surface area contributed by atoms with Gasteiger partial charge in [0.1, 0.15) is 6.04 Å². The third kappa shape index (κ3) is 3.38. The van der Waals surface area contributed by atoms with Gasteiger partial charge < -0.3 is 10.1 Å². The first-order chi connectivity index (χ1) is 7.27. The molecule has 1 atom stereocenters. The molecule has 1 unspecified atom stereocenters. The number of amides is 1. The maximum Gasteiger partial charge on any atom is 0.328 e. The van der Waals surface area contributed by atoms with Gasteiger partial charge in [-0.15, -0.1) is 0 Å². The van der Waals surface area contributed by atoms with Crippen LogP contribution in [0, 0.1) is 0 Å². The quantitative estimate of drug-likeness (QED) is 0.542. The van der Waals surface area contributed by atoms with Crippen LogP contribution in [-0.4, -0.2) is 30.5 Å². The van der Waals surface area contributed by atoms with Crippen LogP contribution in [0.1, 0.15) is 5.69 Å². The van der Waals surface area contributed by atoms with Crippen LogP contribution in [0.25, 0.3) is 0 Å². The van der Waals surface area contributed by atoms with E-state index in [0.29, 0.717) is 12.8 Å². The Kier molecular flexibility index (Phi) is 4.28. The number of hydrogen-bond donors (Lipinski definition) is 1. The second-order valence-corrected chi connectivity index (χ2v) is 2.89. The van der Waals surface area contributed by atoms with Crippen LogP contribution in [0.2, 0.25) is 0 Å². The summed E-state index contributed by atoms with van der Waals surface area (Å²) in [6.45, 7) is 0. The second-order valence-electron chi connectivity index (χ2n) is 2.89. The molecule has 15 heavy (non-hydrogen) atoms. The van der Waals surface area contributed by atoms with Crippen LogP contribution >= 0.6 is 0 Å². The zero-order valence-electron chi connectivity index (χ0n) is 8.34. The molecular weight excluding hydrogens is 196 g/mol. The molecule has 0 aliphatic heterocycles. The first kappa shape index (κ1) is 11.2. The molecule has 0 radical (unpaired) electrons. The maximum absolute atomic E-state index is 11.2. The molecule has 0 aliphatic rings. The number of carbonyl (C=O) groups is 2. The Balaban J connectivity index is 2.66. The van der Waals surface area contributed by atoms with E-state index in [9.17, 15) is 9.59 Å². The number of nitrogens with zero attached hydrogens (tertiary/aromatic N) is 1. The maximum atomic E-state index is 11.2. The lowest BCUT2D eigenvalue weighted by atomic mass is 10.1. The standard InChI is InChI=1S/C10H12N2O3/c1-15-10(14)9(12-7-13)6-8-4-2-3-5-11-8/h2-5,7,9H,6H2,1H3,(H,12,13). The van der Waals surface area contributed by atoms with Gasteiger partial charge in [0.15, 0.2) is 0 Å². The van der Waals surface area contributed by atoms with Gasteiger partial charge in [0.05, 0.1) is 7.11 Å². The van der Waals surface area contributed by atoms with Crippen LogP contribution in [0.3, 0.4) is 0 Å². The molecule has 0 fully saturated rings. The molecule has 0 aliphatic carbocycles. The van der Waals surface area contributed by atoms with Crippen molar-refractivity contribution < 1.29 is 14.3 Å². The smallest absolute Gasteiger partial charge is 0.328 e. The SMILES string of the molecule is COC(=O)C(Cc1ccccn1)NC=O. The van der Waals surface area contributed by atoms with Gasteiger partial charge in [-0.2, -0.15) is 0 Å². The van der Waals surface area contributed by atoms with Gasteiger partial charge in [0.25, 0.3) is 0 Å². The molecule has 1 amide bonds. The van der Waals surface area contributed by atoms with Gasteiger partial charge in [-0.3, -0.25) is 9.78 Å². The monoisotopic (exact) mass is 208 g/mol. The summed E-state index contributed by atoms with van der Waals surface area (Å²) in [5, 5.41) is 2.39. The van der Waals surface area contributed by atoms with Crippen LogP contribution in [0.5, 0.6) is 0 Å². The van der Waals surface area contributed by atoms with E-state index in [1.54, 1.807) is 18.3 Å². The van der Waals surface area contributed by atoms with E-state index in [0.717, 1.165) is 5.69 Å². The zero-order chi connectivity index (χ0) is 11.1. The van der Waals surface area contributed by atoms with E-state index in [1.807, 2.05) is 6.07 Å². The summed E-state index contributed by atoms with van der Waals surface area (Å²) in [6.07, 6.45) is 2.43. The third-order valence-corrected chi connectivity index (χ3v) is 1.89. The van der Waals surface area contributed by atoms with E-state index >= 15 is 0 Å². The molecule has 0 spiro atoms. The van der Waals surface area contributed by atoms with Crippen molar-refractivity contribution in [3.63, 3.8) is 0 Å². The second kappa shape index (κ2) is 5.74. The summed E-state index contributed by atoms with van der Waals surface area (Å²) in [7, 11) is 1.28. The Morgan fingerprint density at radius 2 is 2.47 bits per heavy atom. The van der Waals surface area contributed by atoms with Gasteiger partial charge >= 0.3 is 5.97 Å². The summed E-state index contributed by atoms with van der Waals surface area (Å²) >= 11 is 0. The predicted octanol–water partition coefficient (Wildman–Crippen LogP) is -0.0883. The molecule has 5 heteroatoms. The van der Waals surface area contributed by atoms with E-state index in [-0.39, 0.29) is 0 Å². The number of rotatable bonds is 5. The molecule has 0 saturated carbocycles. The molecule has 0 aromatic carbocycles. The minimum Gasteiger partial charge on any atom is -0.467 e. The highest BCUT2D eigenvalue weighted by molar-refractivity contribution is 5.78. The van der Waals surface area contributed by atoms with Crippen molar-refractivity contribution in [2.45, 2.75) is 12.5 Å². The number of methoxy groups -OCH3 is 1. The van der Waals surface area contributed by atoms with Crippen molar-refractivity contribution in [3.8, 4) is 0 Å². The highest BCUT2D eigenvalue weighted by Gasteiger charge is 2.18. The van der Waals surface area contributed by atoms with Crippen LogP contribution < -0.4 is 5.32 Å². The summed E-state index contributed by atoms with van der Waals surface area (Å²) in [4.78, 5) is 25.6. The van der Waals surface area contributed by atoms with Crippen molar-refractivity contribution >= 4 is 12.4 Å². The normalized spacial score (nSPS) is 11.5. The summed E-state index contributed by atoms with van der Waals surface area (Å²) in [5.41, 5.74) is 0.724. The Morgan fingerprint density at radius 1 is 1.67 bits per heavy atom. The fourth-order valence-electron chi connectivity index (χ4n) is 1.16. The lowest BCUT2D eigenvalue weighted by molar-refractivity contribution is -0.144. The third-order valence-electron chi connectivity index (χ3n) is 1.89. The van der Waals surface area contributed by atoms with E-state index < -0.39 is 12.0 Å². The molecule has 5 nitrogen and oxygen atoms in total. The molecule has 0 bridgehead atoms. The fourth-order valence-corrected chi connectivity index (χ4v) is 1.16.